The number of carbonyl (C=O) groups excluding carboxylic acids is 1. The van der Waals surface area contributed by atoms with Crippen molar-refractivity contribution >= 4 is 11.6 Å². The molecule has 1 fully saturated rings. The first-order valence-corrected chi connectivity index (χ1v) is 7.03. The van der Waals surface area contributed by atoms with Crippen molar-refractivity contribution in [2.45, 2.75) is 26.3 Å². The number of nitrogens with one attached hydrogen (secondary N) is 1. The van der Waals surface area contributed by atoms with Gasteiger partial charge < -0.3 is 10.3 Å². The number of nitrogens with zero attached hydrogens (tertiary/aromatic N) is 2. The average Bonchev–Trinajstić information content (AvgIpc) is 2.45. The van der Waals surface area contributed by atoms with Crippen LogP contribution in [0.15, 0.2) is 24.3 Å². The Kier molecular flexibility index (Phi) is 4.30. The van der Waals surface area contributed by atoms with Crippen molar-refractivity contribution in [2.75, 3.05) is 31.6 Å². The highest BCUT2D eigenvalue weighted by Crippen LogP contribution is 2.20. The molecule has 1 aromatic carbocycles. The summed E-state index contributed by atoms with van der Waals surface area (Å²) in [4.78, 5) is 16.9. The number of rotatable bonds is 2. The molecule has 1 aliphatic heterocycles. The lowest BCUT2D eigenvalue weighted by Gasteiger charge is -2.42. The van der Waals surface area contributed by atoms with Crippen molar-refractivity contribution in [3.8, 4) is 0 Å². The second kappa shape index (κ2) is 5.81. The van der Waals surface area contributed by atoms with Crippen LogP contribution in [0.1, 0.15) is 31.1 Å². The van der Waals surface area contributed by atoms with Crippen molar-refractivity contribution in [3.05, 3.63) is 29.8 Å². The minimum absolute atomic E-state index is 0.0482. The lowest BCUT2D eigenvalue weighted by Crippen LogP contribution is -2.54. The van der Waals surface area contributed by atoms with Gasteiger partial charge in [-0.2, -0.15) is 0 Å². The highest BCUT2D eigenvalue weighted by Gasteiger charge is 2.28. The van der Waals surface area contributed by atoms with Gasteiger partial charge in [-0.15, -0.1) is 0 Å². The number of anilines is 1. The predicted octanol–water partition coefficient (Wildman–Crippen LogP) is 1.53. The third-order valence-electron chi connectivity index (χ3n) is 3.83. The second-order valence-corrected chi connectivity index (χ2v) is 6.14. The molecular weight excluding hydrogens is 252 g/mol. The number of hydrogen-bond donors (Lipinski definition) is 2. The first kappa shape index (κ1) is 14.8. The fraction of sp³-hybridized carbons (Fsp3) is 0.533. The lowest BCUT2D eigenvalue weighted by molar-refractivity contribution is 0.0452. The van der Waals surface area contributed by atoms with Gasteiger partial charge in [-0.25, -0.2) is 0 Å². The molecule has 0 unspecified atom stereocenters. The zero-order valence-electron chi connectivity index (χ0n) is 12.5. The number of nitrogen functional groups attached to an aromatic ring is 1. The molecule has 0 atom stereocenters. The maximum Gasteiger partial charge on any atom is 0.256 e. The van der Waals surface area contributed by atoms with Gasteiger partial charge in [0.2, 0.25) is 0 Å². The van der Waals surface area contributed by atoms with E-state index in [-0.39, 0.29) is 11.4 Å². The molecule has 1 saturated heterocycles. The molecule has 0 saturated carbocycles. The Morgan fingerprint density at radius 2 is 1.75 bits per heavy atom. The molecule has 1 heterocycles. The van der Waals surface area contributed by atoms with Gasteiger partial charge in [0, 0.05) is 31.7 Å². The zero-order chi connectivity index (χ0) is 14.8. The summed E-state index contributed by atoms with van der Waals surface area (Å²) in [5.41, 5.74) is 4.06. The standard InChI is InChI=1S/C15H24N4O/c1-15(2,3)19-10-8-18(9-11-19)14(20)12-6-4-5-7-13(12)17-16/h4-7,17H,8-11,16H2,1-3H3. The number of amides is 1. The number of hydrazine groups is 1. The molecule has 110 valence electrons. The molecule has 20 heavy (non-hydrogen) atoms. The Morgan fingerprint density at radius 3 is 2.30 bits per heavy atom. The zero-order valence-corrected chi connectivity index (χ0v) is 12.5. The van der Waals surface area contributed by atoms with Gasteiger partial charge >= 0.3 is 0 Å². The highest BCUT2D eigenvalue weighted by molar-refractivity contribution is 5.99. The van der Waals surface area contributed by atoms with Gasteiger partial charge in [0.25, 0.3) is 5.91 Å². The van der Waals surface area contributed by atoms with E-state index in [1.165, 1.54) is 0 Å². The molecule has 1 aliphatic rings. The summed E-state index contributed by atoms with van der Waals surface area (Å²) in [6, 6.07) is 7.36. The smallest absolute Gasteiger partial charge is 0.256 e. The number of hydrogen-bond acceptors (Lipinski definition) is 4. The van der Waals surface area contributed by atoms with E-state index in [0.29, 0.717) is 11.3 Å². The molecule has 3 N–H and O–H groups in total. The number of carbonyl (C=O) groups is 1. The minimum Gasteiger partial charge on any atom is -0.336 e. The van der Waals surface area contributed by atoms with Gasteiger partial charge in [-0.1, -0.05) is 12.1 Å². The van der Waals surface area contributed by atoms with Crippen LogP contribution in [0.25, 0.3) is 0 Å². The predicted molar refractivity (Wildman–Crippen MR) is 81.5 cm³/mol. The van der Waals surface area contributed by atoms with E-state index in [4.69, 9.17) is 5.84 Å². The lowest BCUT2D eigenvalue weighted by atomic mass is 10.0. The SMILES string of the molecule is CC(C)(C)N1CCN(C(=O)c2ccccc2NN)CC1. The Balaban J connectivity index is 2.05. The quantitative estimate of drug-likeness (QED) is 0.635. The maximum atomic E-state index is 12.5. The summed E-state index contributed by atoms with van der Waals surface area (Å²) in [6.07, 6.45) is 0. The van der Waals surface area contributed by atoms with E-state index in [9.17, 15) is 4.79 Å². The van der Waals surface area contributed by atoms with Crippen molar-refractivity contribution < 1.29 is 4.79 Å². The van der Waals surface area contributed by atoms with Crippen LogP contribution >= 0.6 is 0 Å². The Morgan fingerprint density at radius 1 is 1.15 bits per heavy atom. The molecule has 5 nitrogen and oxygen atoms in total. The van der Waals surface area contributed by atoms with E-state index in [0.717, 1.165) is 26.2 Å². The molecule has 1 amide bonds. The monoisotopic (exact) mass is 276 g/mol. The van der Waals surface area contributed by atoms with Crippen molar-refractivity contribution in [2.24, 2.45) is 5.84 Å². The fourth-order valence-corrected chi connectivity index (χ4v) is 2.55. The van der Waals surface area contributed by atoms with Crippen LogP contribution in [0.5, 0.6) is 0 Å². The highest BCUT2D eigenvalue weighted by atomic mass is 16.2. The summed E-state index contributed by atoms with van der Waals surface area (Å²) in [7, 11) is 0. The molecular formula is C15H24N4O. The summed E-state index contributed by atoms with van der Waals surface area (Å²) < 4.78 is 0. The van der Waals surface area contributed by atoms with Gasteiger partial charge in [0.15, 0.2) is 0 Å². The number of benzene rings is 1. The van der Waals surface area contributed by atoms with Crippen molar-refractivity contribution in [1.82, 2.24) is 9.80 Å². The van der Waals surface area contributed by atoms with Crippen LogP contribution in [0.3, 0.4) is 0 Å². The molecule has 0 spiro atoms. The van der Waals surface area contributed by atoms with Crippen LogP contribution in [0.4, 0.5) is 5.69 Å². The third-order valence-corrected chi connectivity index (χ3v) is 3.83. The van der Waals surface area contributed by atoms with Crippen molar-refractivity contribution in [3.63, 3.8) is 0 Å². The summed E-state index contributed by atoms with van der Waals surface area (Å²) in [5.74, 6) is 5.52. The average molecular weight is 276 g/mol. The molecule has 0 aromatic heterocycles. The van der Waals surface area contributed by atoms with Gasteiger partial charge in [0.1, 0.15) is 0 Å². The van der Waals surface area contributed by atoms with E-state index in [1.807, 2.05) is 29.2 Å². The second-order valence-electron chi connectivity index (χ2n) is 6.14. The Hall–Kier alpha value is -1.59. The molecule has 5 heteroatoms. The van der Waals surface area contributed by atoms with Crippen LogP contribution < -0.4 is 11.3 Å². The molecule has 0 bridgehead atoms. The van der Waals surface area contributed by atoms with Crippen LogP contribution in [-0.2, 0) is 0 Å². The largest absolute Gasteiger partial charge is 0.336 e. The number of piperazine rings is 1. The van der Waals surface area contributed by atoms with Crippen molar-refractivity contribution in [1.29, 1.82) is 0 Å². The Labute approximate surface area is 120 Å². The molecule has 1 aromatic rings. The summed E-state index contributed by atoms with van der Waals surface area (Å²) >= 11 is 0. The molecule has 0 radical (unpaired) electrons. The van der Waals surface area contributed by atoms with E-state index in [2.05, 4.69) is 31.1 Å². The van der Waals surface area contributed by atoms with Crippen LogP contribution in [-0.4, -0.2) is 47.4 Å². The van der Waals surface area contributed by atoms with Gasteiger partial charge in [-0.05, 0) is 32.9 Å². The first-order chi connectivity index (χ1) is 9.43. The number of para-hydroxylation sites is 1. The molecule has 0 aliphatic carbocycles. The topological polar surface area (TPSA) is 61.6 Å². The third kappa shape index (κ3) is 3.11. The molecule has 2 rings (SSSR count). The van der Waals surface area contributed by atoms with Gasteiger partial charge in [0.05, 0.1) is 11.3 Å². The fourth-order valence-electron chi connectivity index (χ4n) is 2.55. The van der Waals surface area contributed by atoms with Crippen LogP contribution in [0, 0.1) is 0 Å². The van der Waals surface area contributed by atoms with E-state index >= 15 is 0 Å². The maximum absolute atomic E-state index is 12.5. The number of nitrogens with two attached hydrogens (primary N) is 1. The minimum atomic E-state index is 0.0482. The summed E-state index contributed by atoms with van der Waals surface area (Å²) in [5, 5.41) is 0. The first-order valence-electron chi connectivity index (χ1n) is 7.03. The van der Waals surface area contributed by atoms with E-state index in [1.54, 1.807) is 0 Å². The normalized spacial score (nSPS) is 17.1. The van der Waals surface area contributed by atoms with Crippen LogP contribution in [0.2, 0.25) is 0 Å². The summed E-state index contributed by atoms with van der Waals surface area (Å²) in [6.45, 7) is 9.96. The Bertz CT molecular complexity index is 473. The van der Waals surface area contributed by atoms with E-state index < -0.39 is 0 Å². The van der Waals surface area contributed by atoms with Gasteiger partial charge in [-0.3, -0.25) is 15.5 Å².